The number of ether oxygens (including phenoxy) is 3. The van der Waals surface area contributed by atoms with E-state index in [1.54, 1.807) is 21.3 Å². The molecule has 0 aromatic heterocycles. The molecule has 2 atom stereocenters. The zero-order valence-electron chi connectivity index (χ0n) is 13.4. The quantitative estimate of drug-likeness (QED) is 0.867. The Morgan fingerprint density at radius 1 is 1.19 bits per heavy atom. The van der Waals surface area contributed by atoms with Crippen molar-refractivity contribution in [1.82, 2.24) is 4.90 Å². The molecule has 0 spiro atoms. The van der Waals surface area contributed by atoms with E-state index in [1.807, 2.05) is 6.07 Å². The average molecular weight is 294 g/mol. The third-order valence-corrected chi connectivity index (χ3v) is 4.27. The van der Waals surface area contributed by atoms with Crippen molar-refractivity contribution in [2.24, 2.45) is 11.7 Å². The Hall–Kier alpha value is -1.30. The van der Waals surface area contributed by atoms with E-state index in [0.717, 1.165) is 36.6 Å². The van der Waals surface area contributed by atoms with E-state index in [9.17, 15) is 0 Å². The van der Waals surface area contributed by atoms with Gasteiger partial charge in [-0.25, -0.2) is 0 Å². The Balaban J connectivity index is 2.40. The van der Waals surface area contributed by atoms with Gasteiger partial charge in [-0.3, -0.25) is 4.90 Å². The van der Waals surface area contributed by atoms with Crippen LogP contribution in [0.3, 0.4) is 0 Å². The predicted octanol–water partition coefficient (Wildman–Crippen LogP) is 1.80. The van der Waals surface area contributed by atoms with Gasteiger partial charge in [0.05, 0.1) is 20.8 Å². The van der Waals surface area contributed by atoms with Gasteiger partial charge in [-0.15, -0.1) is 0 Å². The van der Waals surface area contributed by atoms with Gasteiger partial charge >= 0.3 is 0 Å². The molecular weight excluding hydrogens is 268 g/mol. The van der Waals surface area contributed by atoms with Gasteiger partial charge in [0, 0.05) is 19.7 Å². The summed E-state index contributed by atoms with van der Waals surface area (Å²) in [7, 11) is 7.17. The standard InChI is InChI=1S/C16H26N2O3/c1-18-9-11(8-17)5-14(18)13-7-16(21-4)15(20-3)6-12(13)10-19-2/h6-7,11,14H,5,8-10,17H2,1-4H3. The van der Waals surface area contributed by atoms with Crippen molar-refractivity contribution in [3.05, 3.63) is 23.3 Å². The third-order valence-electron chi connectivity index (χ3n) is 4.27. The van der Waals surface area contributed by atoms with Crippen LogP contribution in [0.1, 0.15) is 23.6 Å². The molecule has 0 radical (unpaired) electrons. The molecule has 0 bridgehead atoms. The minimum Gasteiger partial charge on any atom is -0.493 e. The van der Waals surface area contributed by atoms with Crippen molar-refractivity contribution >= 4 is 0 Å². The number of likely N-dealkylation sites (tertiary alicyclic amines) is 1. The lowest BCUT2D eigenvalue weighted by molar-refractivity contribution is 0.181. The molecule has 0 amide bonds. The SMILES string of the molecule is COCc1cc(OC)c(OC)cc1C1CC(CN)CN1C. The molecule has 1 fully saturated rings. The molecule has 2 rings (SSSR count). The lowest BCUT2D eigenvalue weighted by atomic mass is 9.95. The molecule has 1 saturated heterocycles. The van der Waals surface area contributed by atoms with Gasteiger partial charge in [0.15, 0.2) is 11.5 Å². The highest BCUT2D eigenvalue weighted by atomic mass is 16.5. The van der Waals surface area contributed by atoms with Crippen molar-refractivity contribution < 1.29 is 14.2 Å². The first-order valence-electron chi connectivity index (χ1n) is 7.28. The van der Waals surface area contributed by atoms with Crippen molar-refractivity contribution in [3.8, 4) is 11.5 Å². The van der Waals surface area contributed by atoms with Crippen LogP contribution in [0.2, 0.25) is 0 Å². The number of benzene rings is 1. The normalized spacial score (nSPS) is 22.5. The van der Waals surface area contributed by atoms with Crippen LogP contribution < -0.4 is 15.2 Å². The molecule has 1 aliphatic heterocycles. The Bertz CT molecular complexity index is 479. The monoisotopic (exact) mass is 294 g/mol. The van der Waals surface area contributed by atoms with Crippen LogP contribution in [0.5, 0.6) is 11.5 Å². The van der Waals surface area contributed by atoms with Gasteiger partial charge in [0.1, 0.15) is 0 Å². The third kappa shape index (κ3) is 3.31. The Labute approximate surface area is 127 Å². The van der Waals surface area contributed by atoms with Crippen LogP contribution in [0.4, 0.5) is 0 Å². The van der Waals surface area contributed by atoms with E-state index in [-0.39, 0.29) is 0 Å². The van der Waals surface area contributed by atoms with Gasteiger partial charge in [-0.2, -0.15) is 0 Å². The number of nitrogens with zero attached hydrogens (tertiary/aromatic N) is 1. The second-order valence-electron chi connectivity index (χ2n) is 5.63. The van der Waals surface area contributed by atoms with Crippen LogP contribution in [0, 0.1) is 5.92 Å². The van der Waals surface area contributed by atoms with Crippen LogP contribution in [-0.4, -0.2) is 46.4 Å². The smallest absolute Gasteiger partial charge is 0.161 e. The number of hydrogen-bond donors (Lipinski definition) is 1. The highest BCUT2D eigenvalue weighted by Gasteiger charge is 2.31. The summed E-state index contributed by atoms with van der Waals surface area (Å²) in [5.41, 5.74) is 8.23. The topological polar surface area (TPSA) is 57.0 Å². The van der Waals surface area contributed by atoms with Gasteiger partial charge in [0.25, 0.3) is 0 Å². The molecule has 21 heavy (non-hydrogen) atoms. The maximum Gasteiger partial charge on any atom is 0.161 e. The first kappa shape index (κ1) is 16.1. The molecule has 2 N–H and O–H groups in total. The fraction of sp³-hybridized carbons (Fsp3) is 0.625. The van der Waals surface area contributed by atoms with Crippen molar-refractivity contribution in [2.45, 2.75) is 19.1 Å². The molecule has 1 heterocycles. The molecule has 1 aliphatic rings. The summed E-state index contributed by atoms with van der Waals surface area (Å²) >= 11 is 0. The zero-order chi connectivity index (χ0) is 15.4. The van der Waals surface area contributed by atoms with Crippen LogP contribution in [0.15, 0.2) is 12.1 Å². The molecule has 2 unspecified atom stereocenters. The molecule has 5 nitrogen and oxygen atoms in total. The summed E-state index contributed by atoms with van der Waals surface area (Å²) in [6.07, 6.45) is 1.07. The molecule has 0 aliphatic carbocycles. The maximum absolute atomic E-state index is 5.84. The van der Waals surface area contributed by atoms with Crippen molar-refractivity contribution in [1.29, 1.82) is 0 Å². The van der Waals surface area contributed by atoms with Crippen molar-refractivity contribution in [3.63, 3.8) is 0 Å². The predicted molar refractivity (Wildman–Crippen MR) is 82.8 cm³/mol. The van der Waals surface area contributed by atoms with Crippen LogP contribution in [-0.2, 0) is 11.3 Å². The molecule has 1 aromatic carbocycles. The molecule has 0 saturated carbocycles. The first-order chi connectivity index (χ1) is 10.1. The Morgan fingerprint density at radius 2 is 1.86 bits per heavy atom. The Kier molecular flexibility index (Phi) is 5.45. The van der Waals surface area contributed by atoms with E-state index in [0.29, 0.717) is 18.6 Å². The molecule has 118 valence electrons. The van der Waals surface area contributed by atoms with Crippen LogP contribution in [0.25, 0.3) is 0 Å². The number of methoxy groups -OCH3 is 3. The summed E-state index contributed by atoms with van der Waals surface area (Å²) in [5.74, 6) is 2.05. The fourth-order valence-electron chi connectivity index (χ4n) is 3.17. The van der Waals surface area contributed by atoms with E-state index < -0.39 is 0 Å². The average Bonchev–Trinajstić information content (AvgIpc) is 2.88. The van der Waals surface area contributed by atoms with Gasteiger partial charge in [0.2, 0.25) is 0 Å². The second-order valence-corrected chi connectivity index (χ2v) is 5.63. The molecule has 5 heteroatoms. The lowest BCUT2D eigenvalue weighted by Crippen LogP contribution is -2.21. The summed E-state index contributed by atoms with van der Waals surface area (Å²) in [6, 6.07) is 4.44. The number of hydrogen-bond acceptors (Lipinski definition) is 5. The second kappa shape index (κ2) is 7.11. The summed E-state index contributed by atoms with van der Waals surface area (Å²) in [5, 5.41) is 0. The highest BCUT2D eigenvalue weighted by molar-refractivity contribution is 5.48. The fourth-order valence-corrected chi connectivity index (χ4v) is 3.17. The minimum absolute atomic E-state index is 0.350. The van der Waals surface area contributed by atoms with E-state index >= 15 is 0 Å². The summed E-state index contributed by atoms with van der Waals surface area (Å²) < 4.78 is 16.2. The summed E-state index contributed by atoms with van der Waals surface area (Å²) in [4.78, 5) is 2.36. The van der Waals surface area contributed by atoms with E-state index in [2.05, 4.69) is 18.0 Å². The molecule has 1 aromatic rings. The lowest BCUT2D eigenvalue weighted by Gasteiger charge is -2.24. The van der Waals surface area contributed by atoms with Gasteiger partial charge < -0.3 is 19.9 Å². The minimum atomic E-state index is 0.350. The maximum atomic E-state index is 5.84. The molecular formula is C16H26N2O3. The van der Waals surface area contributed by atoms with Gasteiger partial charge in [-0.05, 0) is 49.2 Å². The van der Waals surface area contributed by atoms with E-state index in [1.165, 1.54) is 5.56 Å². The first-order valence-corrected chi connectivity index (χ1v) is 7.28. The van der Waals surface area contributed by atoms with Crippen LogP contribution >= 0.6 is 0 Å². The number of rotatable bonds is 6. The highest BCUT2D eigenvalue weighted by Crippen LogP contribution is 2.40. The van der Waals surface area contributed by atoms with Crippen molar-refractivity contribution in [2.75, 3.05) is 41.5 Å². The largest absolute Gasteiger partial charge is 0.493 e. The zero-order valence-corrected chi connectivity index (χ0v) is 13.4. The summed E-state index contributed by atoms with van der Waals surface area (Å²) in [6.45, 7) is 2.32. The Morgan fingerprint density at radius 3 is 2.38 bits per heavy atom. The number of nitrogens with two attached hydrogens (primary N) is 1. The van der Waals surface area contributed by atoms with Gasteiger partial charge in [-0.1, -0.05) is 0 Å². The van der Waals surface area contributed by atoms with E-state index in [4.69, 9.17) is 19.9 Å².